The molecule has 7 nitrogen and oxygen atoms in total. The summed E-state index contributed by atoms with van der Waals surface area (Å²) in [5.74, 6) is 1.76. The standard InChI is InChI=1S/C26H30N4O3S/c1-4-6-15-33-24(31)22-18(3)27-25-28-26(34-17-19-11-8-7-9-12-19)29-30(25)23(22)20-13-10-14-21(16-20)32-5-2/h7-14,16,23H,4-6,15,17H2,1-3H3,(H,27,28,29). The largest absolute Gasteiger partial charge is 0.494 e. The van der Waals surface area contributed by atoms with Crippen molar-refractivity contribution in [1.29, 1.82) is 0 Å². The summed E-state index contributed by atoms with van der Waals surface area (Å²) >= 11 is 1.56. The number of allylic oxidation sites excluding steroid dienone is 1. The fraction of sp³-hybridized carbons (Fsp3) is 0.346. The van der Waals surface area contributed by atoms with E-state index in [2.05, 4.69) is 24.4 Å². The fourth-order valence-electron chi connectivity index (χ4n) is 3.82. The molecule has 8 heteroatoms. The van der Waals surface area contributed by atoms with E-state index < -0.39 is 6.04 Å². The molecule has 0 radical (unpaired) electrons. The number of benzene rings is 2. The van der Waals surface area contributed by atoms with Gasteiger partial charge in [-0.3, -0.25) is 0 Å². The summed E-state index contributed by atoms with van der Waals surface area (Å²) in [6, 6.07) is 17.5. The molecule has 0 spiro atoms. The van der Waals surface area contributed by atoms with Crippen LogP contribution in [0.4, 0.5) is 5.95 Å². The topological polar surface area (TPSA) is 78.3 Å². The lowest BCUT2D eigenvalue weighted by molar-refractivity contribution is -0.139. The number of unbranched alkanes of at least 4 members (excludes halogenated alkanes) is 1. The smallest absolute Gasteiger partial charge is 0.338 e. The van der Waals surface area contributed by atoms with E-state index in [-0.39, 0.29) is 5.97 Å². The highest BCUT2D eigenvalue weighted by Crippen LogP contribution is 2.38. The van der Waals surface area contributed by atoms with E-state index in [0.717, 1.165) is 29.9 Å². The van der Waals surface area contributed by atoms with Crippen LogP contribution in [-0.2, 0) is 15.3 Å². The number of hydrogen-bond acceptors (Lipinski definition) is 7. The molecule has 2 aromatic carbocycles. The van der Waals surface area contributed by atoms with Crippen LogP contribution in [-0.4, -0.2) is 33.9 Å². The number of nitrogens with zero attached hydrogens (tertiary/aromatic N) is 3. The van der Waals surface area contributed by atoms with Crippen LogP contribution in [0.15, 0.2) is 71.0 Å². The second-order valence-electron chi connectivity index (χ2n) is 8.00. The average Bonchev–Trinajstić information content (AvgIpc) is 3.25. The number of aromatic nitrogens is 3. The van der Waals surface area contributed by atoms with E-state index in [9.17, 15) is 4.79 Å². The minimum Gasteiger partial charge on any atom is -0.494 e. The van der Waals surface area contributed by atoms with Gasteiger partial charge in [-0.15, -0.1) is 5.10 Å². The molecule has 0 amide bonds. The van der Waals surface area contributed by atoms with Crippen molar-refractivity contribution >= 4 is 23.7 Å². The van der Waals surface area contributed by atoms with Gasteiger partial charge in [-0.05, 0) is 43.5 Å². The lowest BCUT2D eigenvalue weighted by Gasteiger charge is -2.28. The maximum atomic E-state index is 13.2. The summed E-state index contributed by atoms with van der Waals surface area (Å²) in [7, 11) is 0. The van der Waals surface area contributed by atoms with Gasteiger partial charge in [-0.2, -0.15) is 4.98 Å². The molecular weight excluding hydrogens is 448 g/mol. The summed E-state index contributed by atoms with van der Waals surface area (Å²) in [4.78, 5) is 17.9. The number of hydrogen-bond donors (Lipinski definition) is 1. The second kappa shape index (κ2) is 11.2. The summed E-state index contributed by atoms with van der Waals surface area (Å²) in [5.41, 5.74) is 3.33. The predicted octanol–water partition coefficient (Wildman–Crippen LogP) is 5.60. The first-order valence-electron chi connectivity index (χ1n) is 11.6. The Morgan fingerprint density at radius 1 is 1.15 bits per heavy atom. The molecule has 34 heavy (non-hydrogen) atoms. The van der Waals surface area contributed by atoms with Crippen LogP contribution in [0.3, 0.4) is 0 Å². The molecule has 2 heterocycles. The third-order valence-electron chi connectivity index (χ3n) is 5.48. The van der Waals surface area contributed by atoms with Gasteiger partial charge < -0.3 is 14.8 Å². The first-order valence-corrected chi connectivity index (χ1v) is 12.6. The zero-order valence-corrected chi connectivity index (χ0v) is 20.6. The number of carbonyl (C=O) groups excluding carboxylic acids is 1. The molecule has 0 saturated heterocycles. The van der Waals surface area contributed by atoms with Gasteiger partial charge in [0.05, 0.1) is 18.8 Å². The number of rotatable bonds is 10. The minimum absolute atomic E-state index is 0.343. The Morgan fingerprint density at radius 2 is 1.97 bits per heavy atom. The summed E-state index contributed by atoms with van der Waals surface area (Å²) in [6.07, 6.45) is 1.78. The zero-order chi connectivity index (χ0) is 23.9. The van der Waals surface area contributed by atoms with Crippen LogP contribution in [0.25, 0.3) is 0 Å². The maximum absolute atomic E-state index is 13.2. The lowest BCUT2D eigenvalue weighted by Crippen LogP contribution is -2.29. The first kappa shape index (κ1) is 23.9. The molecule has 1 aliphatic rings. The van der Waals surface area contributed by atoms with Crippen LogP contribution in [0.2, 0.25) is 0 Å². The fourth-order valence-corrected chi connectivity index (χ4v) is 4.60. The number of ether oxygens (including phenoxy) is 2. The monoisotopic (exact) mass is 478 g/mol. The van der Waals surface area contributed by atoms with Crippen molar-refractivity contribution in [2.75, 3.05) is 18.5 Å². The van der Waals surface area contributed by atoms with Gasteiger partial charge in [0.15, 0.2) is 0 Å². The molecule has 0 aliphatic carbocycles. The Kier molecular flexibility index (Phi) is 7.90. The Hall–Kier alpha value is -3.26. The molecule has 0 fully saturated rings. The molecule has 3 aromatic rings. The highest BCUT2D eigenvalue weighted by molar-refractivity contribution is 7.98. The summed E-state index contributed by atoms with van der Waals surface area (Å²) < 4.78 is 13.1. The minimum atomic E-state index is -0.468. The van der Waals surface area contributed by atoms with Crippen molar-refractivity contribution in [2.24, 2.45) is 0 Å². The third-order valence-corrected chi connectivity index (χ3v) is 6.39. The van der Waals surface area contributed by atoms with E-state index >= 15 is 0 Å². The quantitative estimate of drug-likeness (QED) is 0.231. The zero-order valence-electron chi connectivity index (χ0n) is 19.8. The highest BCUT2D eigenvalue weighted by Gasteiger charge is 2.35. The van der Waals surface area contributed by atoms with Crippen LogP contribution in [0, 0.1) is 0 Å². The number of anilines is 1. The molecule has 178 valence electrons. The molecular formula is C26H30N4O3S. The maximum Gasteiger partial charge on any atom is 0.338 e. The molecule has 0 bridgehead atoms. The SMILES string of the molecule is CCCCOC(=O)C1=C(C)Nc2nc(SCc3ccccc3)nn2C1c1cccc(OCC)c1. The van der Waals surface area contributed by atoms with Crippen LogP contribution in [0.1, 0.15) is 50.8 Å². The Labute approximate surface area is 204 Å². The molecule has 0 saturated carbocycles. The molecule has 4 rings (SSSR count). The summed E-state index contributed by atoms with van der Waals surface area (Å²) in [5, 5.41) is 8.69. The Balaban J connectivity index is 1.68. The number of fused-ring (bicyclic) bond motifs is 1. The highest BCUT2D eigenvalue weighted by atomic mass is 32.2. The Bertz CT molecular complexity index is 1160. The van der Waals surface area contributed by atoms with Crippen molar-refractivity contribution in [1.82, 2.24) is 14.8 Å². The summed E-state index contributed by atoms with van der Waals surface area (Å²) in [6.45, 7) is 6.85. The molecule has 1 aromatic heterocycles. The number of thioether (sulfide) groups is 1. The van der Waals surface area contributed by atoms with Crippen molar-refractivity contribution in [3.8, 4) is 5.75 Å². The predicted molar refractivity (Wildman–Crippen MR) is 134 cm³/mol. The van der Waals surface area contributed by atoms with Crippen molar-refractivity contribution < 1.29 is 14.3 Å². The van der Waals surface area contributed by atoms with Gasteiger partial charge in [0.25, 0.3) is 0 Å². The van der Waals surface area contributed by atoms with Gasteiger partial charge in [0.2, 0.25) is 11.1 Å². The van der Waals surface area contributed by atoms with Crippen molar-refractivity contribution in [3.05, 3.63) is 77.0 Å². The van der Waals surface area contributed by atoms with E-state index in [0.29, 0.717) is 35.6 Å². The van der Waals surface area contributed by atoms with Gasteiger partial charge in [-0.1, -0.05) is 67.6 Å². The van der Waals surface area contributed by atoms with Gasteiger partial charge in [0, 0.05) is 11.4 Å². The lowest BCUT2D eigenvalue weighted by atomic mass is 9.95. The first-order chi connectivity index (χ1) is 16.6. The molecule has 1 unspecified atom stereocenters. The van der Waals surface area contributed by atoms with Crippen molar-refractivity contribution in [2.45, 2.75) is 50.6 Å². The van der Waals surface area contributed by atoms with Crippen LogP contribution < -0.4 is 10.1 Å². The van der Waals surface area contributed by atoms with Crippen LogP contribution >= 0.6 is 11.8 Å². The van der Waals surface area contributed by atoms with E-state index in [1.165, 1.54) is 5.56 Å². The normalized spacial score (nSPS) is 15.0. The number of carbonyl (C=O) groups is 1. The number of esters is 1. The van der Waals surface area contributed by atoms with E-state index in [4.69, 9.17) is 19.6 Å². The molecule has 1 atom stereocenters. The van der Waals surface area contributed by atoms with E-state index in [1.54, 1.807) is 16.4 Å². The third kappa shape index (κ3) is 5.44. The number of nitrogens with one attached hydrogen (secondary N) is 1. The Morgan fingerprint density at radius 3 is 2.74 bits per heavy atom. The van der Waals surface area contributed by atoms with E-state index in [1.807, 2.05) is 56.3 Å². The van der Waals surface area contributed by atoms with Gasteiger partial charge in [-0.25, -0.2) is 9.48 Å². The van der Waals surface area contributed by atoms with Gasteiger partial charge >= 0.3 is 5.97 Å². The molecule has 1 N–H and O–H groups in total. The van der Waals surface area contributed by atoms with Crippen molar-refractivity contribution in [3.63, 3.8) is 0 Å². The van der Waals surface area contributed by atoms with Gasteiger partial charge in [0.1, 0.15) is 11.8 Å². The average molecular weight is 479 g/mol. The molecule has 1 aliphatic heterocycles. The van der Waals surface area contributed by atoms with Crippen LogP contribution in [0.5, 0.6) is 5.75 Å². The second-order valence-corrected chi connectivity index (χ2v) is 8.94.